The highest BCUT2D eigenvalue weighted by atomic mass is 16.2. The van der Waals surface area contributed by atoms with Crippen LogP contribution in [0.5, 0.6) is 0 Å². The maximum absolute atomic E-state index is 11.9. The molecule has 0 aliphatic rings. The number of carbonyl (C=O) groups excluding carboxylic acids is 3. The van der Waals surface area contributed by atoms with Gasteiger partial charge in [-0.3, -0.25) is 25.2 Å². The Morgan fingerprint density at radius 2 is 1.61 bits per heavy atom. The zero-order chi connectivity index (χ0) is 17.5. The minimum Gasteiger partial charge on any atom is -0.355 e. The molecule has 0 fully saturated rings. The number of amides is 3. The highest BCUT2D eigenvalue weighted by molar-refractivity contribution is 5.95. The van der Waals surface area contributed by atoms with Gasteiger partial charge in [0.25, 0.3) is 5.91 Å². The van der Waals surface area contributed by atoms with Crippen molar-refractivity contribution in [1.29, 1.82) is 0 Å². The van der Waals surface area contributed by atoms with E-state index in [4.69, 9.17) is 0 Å². The molecule has 1 aromatic rings. The van der Waals surface area contributed by atoms with E-state index in [-0.39, 0.29) is 30.7 Å². The molecule has 0 aromatic heterocycles. The minimum absolute atomic E-state index is 0.0941. The summed E-state index contributed by atoms with van der Waals surface area (Å²) < 4.78 is 0. The number of rotatable bonds is 5. The first kappa shape index (κ1) is 18.7. The predicted molar refractivity (Wildman–Crippen MR) is 88.5 cm³/mol. The van der Waals surface area contributed by atoms with Crippen molar-refractivity contribution < 1.29 is 14.4 Å². The Morgan fingerprint density at radius 1 is 1.00 bits per heavy atom. The summed E-state index contributed by atoms with van der Waals surface area (Å²) in [7, 11) is 0. The van der Waals surface area contributed by atoms with Crippen LogP contribution < -0.4 is 16.2 Å². The van der Waals surface area contributed by atoms with Crippen LogP contribution in [0.1, 0.15) is 50.0 Å². The van der Waals surface area contributed by atoms with Crippen LogP contribution in [0.15, 0.2) is 24.3 Å². The molecule has 0 aliphatic carbocycles. The lowest BCUT2D eigenvalue weighted by molar-refractivity contribution is -0.128. The second-order valence-corrected chi connectivity index (χ2v) is 6.31. The monoisotopic (exact) mass is 319 g/mol. The van der Waals surface area contributed by atoms with E-state index in [0.29, 0.717) is 5.56 Å². The summed E-state index contributed by atoms with van der Waals surface area (Å²) >= 11 is 0. The molecule has 126 valence electrons. The molecule has 0 unspecified atom stereocenters. The van der Waals surface area contributed by atoms with Gasteiger partial charge in [0.1, 0.15) is 0 Å². The van der Waals surface area contributed by atoms with Crippen molar-refractivity contribution in [1.82, 2.24) is 16.2 Å². The summed E-state index contributed by atoms with van der Waals surface area (Å²) in [6, 6.07) is 7.17. The molecule has 1 aromatic carbocycles. The van der Waals surface area contributed by atoms with Gasteiger partial charge in [-0.25, -0.2) is 0 Å². The van der Waals surface area contributed by atoms with Crippen LogP contribution in [0.4, 0.5) is 0 Å². The summed E-state index contributed by atoms with van der Waals surface area (Å²) in [5, 5.41) is 2.67. The van der Waals surface area contributed by atoms with Gasteiger partial charge >= 0.3 is 0 Å². The van der Waals surface area contributed by atoms with E-state index in [2.05, 4.69) is 16.2 Å². The van der Waals surface area contributed by atoms with Crippen LogP contribution >= 0.6 is 0 Å². The summed E-state index contributed by atoms with van der Waals surface area (Å²) in [4.78, 5) is 35.1. The first-order valence-corrected chi connectivity index (χ1v) is 7.70. The number of carbonyl (C=O) groups is 3. The average molecular weight is 319 g/mol. The predicted octanol–water partition coefficient (Wildman–Crippen LogP) is 1.56. The van der Waals surface area contributed by atoms with Crippen molar-refractivity contribution in [2.75, 3.05) is 6.54 Å². The molecule has 0 heterocycles. The highest BCUT2D eigenvalue weighted by Gasteiger charge is 2.20. The Bertz CT molecular complexity index is 559. The van der Waals surface area contributed by atoms with Gasteiger partial charge in [0, 0.05) is 23.9 Å². The van der Waals surface area contributed by atoms with Gasteiger partial charge in [0.05, 0.1) is 0 Å². The molecule has 0 radical (unpaired) electrons. The molecule has 3 amide bonds. The molecule has 1 rings (SSSR count). The third-order valence-corrected chi connectivity index (χ3v) is 3.26. The van der Waals surface area contributed by atoms with Gasteiger partial charge in [-0.1, -0.05) is 39.8 Å². The molecular formula is C17H25N3O3. The number of hydrogen-bond acceptors (Lipinski definition) is 3. The van der Waals surface area contributed by atoms with Crippen LogP contribution in [0, 0.1) is 5.41 Å². The number of hydrazine groups is 1. The topological polar surface area (TPSA) is 87.3 Å². The van der Waals surface area contributed by atoms with E-state index >= 15 is 0 Å². The highest BCUT2D eigenvalue weighted by Crippen LogP contribution is 2.12. The Balaban J connectivity index is 2.32. The Hall–Kier alpha value is -2.37. The molecule has 0 spiro atoms. The Morgan fingerprint density at radius 3 is 2.13 bits per heavy atom. The van der Waals surface area contributed by atoms with Crippen molar-refractivity contribution in [2.45, 2.75) is 40.5 Å². The molecule has 23 heavy (non-hydrogen) atoms. The van der Waals surface area contributed by atoms with Crippen LogP contribution in [0.3, 0.4) is 0 Å². The lowest BCUT2D eigenvalue weighted by Crippen LogP contribution is -2.43. The van der Waals surface area contributed by atoms with Crippen molar-refractivity contribution in [3.8, 4) is 0 Å². The molecule has 3 N–H and O–H groups in total. The van der Waals surface area contributed by atoms with Gasteiger partial charge in [0.2, 0.25) is 11.8 Å². The number of benzene rings is 1. The summed E-state index contributed by atoms with van der Waals surface area (Å²) in [6.45, 7) is 7.65. The van der Waals surface area contributed by atoms with Gasteiger partial charge in [-0.15, -0.1) is 0 Å². The zero-order valence-corrected chi connectivity index (χ0v) is 14.2. The Labute approximate surface area is 137 Å². The lowest BCUT2D eigenvalue weighted by Gasteiger charge is -2.17. The first-order chi connectivity index (χ1) is 10.7. The Kier molecular flexibility index (Phi) is 6.75. The summed E-state index contributed by atoms with van der Waals surface area (Å²) in [6.07, 6.45) is 0.996. The average Bonchev–Trinajstić information content (AvgIpc) is 2.51. The van der Waals surface area contributed by atoms with E-state index < -0.39 is 5.41 Å². The standard InChI is InChI=1S/C17H25N3O3/c1-5-12-6-8-13(9-7-12)15(22)20-19-14(21)10-11-18-16(23)17(2,3)4/h6-9H,5,10-11H2,1-4H3,(H,18,23)(H,19,21)(H,20,22). The van der Waals surface area contributed by atoms with E-state index in [9.17, 15) is 14.4 Å². The number of hydrogen-bond donors (Lipinski definition) is 3. The van der Waals surface area contributed by atoms with Crippen molar-refractivity contribution in [2.24, 2.45) is 5.41 Å². The smallest absolute Gasteiger partial charge is 0.269 e. The zero-order valence-electron chi connectivity index (χ0n) is 14.2. The quantitative estimate of drug-likeness (QED) is 0.720. The second-order valence-electron chi connectivity index (χ2n) is 6.31. The van der Waals surface area contributed by atoms with Crippen LogP contribution in [-0.4, -0.2) is 24.3 Å². The largest absolute Gasteiger partial charge is 0.355 e. The van der Waals surface area contributed by atoms with Crippen LogP contribution in [-0.2, 0) is 16.0 Å². The van der Waals surface area contributed by atoms with Gasteiger partial charge in [0.15, 0.2) is 0 Å². The SMILES string of the molecule is CCc1ccc(C(=O)NNC(=O)CCNC(=O)C(C)(C)C)cc1. The van der Waals surface area contributed by atoms with Gasteiger partial charge < -0.3 is 5.32 Å². The van der Waals surface area contributed by atoms with Crippen molar-refractivity contribution >= 4 is 17.7 Å². The fraction of sp³-hybridized carbons (Fsp3) is 0.471. The summed E-state index contributed by atoms with van der Waals surface area (Å²) in [5.74, 6) is -0.859. The van der Waals surface area contributed by atoms with Gasteiger partial charge in [-0.2, -0.15) is 0 Å². The molecule has 0 atom stereocenters. The second kappa shape index (κ2) is 8.31. The van der Waals surface area contributed by atoms with E-state index in [1.54, 1.807) is 32.9 Å². The molecule has 6 heteroatoms. The van der Waals surface area contributed by atoms with E-state index in [1.807, 2.05) is 19.1 Å². The molecule has 6 nitrogen and oxygen atoms in total. The summed E-state index contributed by atoms with van der Waals surface area (Å²) in [5.41, 5.74) is 5.81. The molecule has 0 saturated carbocycles. The maximum atomic E-state index is 11.9. The van der Waals surface area contributed by atoms with Gasteiger partial charge in [-0.05, 0) is 24.1 Å². The van der Waals surface area contributed by atoms with Crippen LogP contribution in [0.2, 0.25) is 0 Å². The third kappa shape index (κ3) is 6.50. The van der Waals surface area contributed by atoms with Crippen molar-refractivity contribution in [3.63, 3.8) is 0 Å². The van der Waals surface area contributed by atoms with Crippen molar-refractivity contribution in [3.05, 3.63) is 35.4 Å². The van der Waals surface area contributed by atoms with E-state index in [1.165, 1.54) is 0 Å². The number of aryl methyl sites for hydroxylation is 1. The fourth-order valence-corrected chi connectivity index (χ4v) is 1.71. The molecule has 0 saturated heterocycles. The maximum Gasteiger partial charge on any atom is 0.269 e. The normalized spacial score (nSPS) is 10.8. The molecule has 0 aliphatic heterocycles. The van der Waals surface area contributed by atoms with Crippen LogP contribution in [0.25, 0.3) is 0 Å². The minimum atomic E-state index is -0.491. The third-order valence-electron chi connectivity index (χ3n) is 3.26. The van der Waals surface area contributed by atoms with E-state index in [0.717, 1.165) is 12.0 Å². The first-order valence-electron chi connectivity index (χ1n) is 7.70. The molecule has 0 bridgehead atoms. The molecular weight excluding hydrogens is 294 g/mol. The lowest BCUT2D eigenvalue weighted by atomic mass is 9.96. The number of nitrogens with one attached hydrogen (secondary N) is 3. The fourth-order valence-electron chi connectivity index (χ4n) is 1.71.